The van der Waals surface area contributed by atoms with Crippen molar-refractivity contribution in [2.45, 2.75) is 36.8 Å². The molecule has 3 rings (SSSR count). The molecule has 0 radical (unpaired) electrons. The SMILES string of the molecule is N#Cc1ccc(OC[C@@H]2CC(c3ccc(C#N)c(C(F)(F)F)c3)[C@@H](C(F)(F)F)N2)cn1. The maximum atomic E-state index is 13.6. The molecule has 5 nitrogen and oxygen atoms in total. The van der Waals surface area contributed by atoms with E-state index in [4.69, 9.17) is 15.3 Å². The van der Waals surface area contributed by atoms with Crippen molar-refractivity contribution < 1.29 is 31.1 Å². The minimum atomic E-state index is -4.87. The van der Waals surface area contributed by atoms with Gasteiger partial charge in [-0.25, -0.2) is 4.98 Å². The molecule has 11 heteroatoms. The lowest BCUT2D eigenvalue weighted by Crippen LogP contribution is -2.44. The Morgan fingerprint density at radius 3 is 2.35 bits per heavy atom. The summed E-state index contributed by atoms with van der Waals surface area (Å²) in [6, 6.07) is 5.80. The molecule has 0 spiro atoms. The number of hydrogen-bond donors (Lipinski definition) is 1. The molecule has 0 bridgehead atoms. The second kappa shape index (κ2) is 8.44. The van der Waals surface area contributed by atoms with Crippen molar-refractivity contribution in [3.63, 3.8) is 0 Å². The van der Waals surface area contributed by atoms with E-state index in [1.165, 1.54) is 24.4 Å². The number of halogens is 6. The summed E-state index contributed by atoms with van der Waals surface area (Å²) in [6.07, 6.45) is -8.45. The number of rotatable bonds is 4. The Balaban J connectivity index is 1.82. The van der Waals surface area contributed by atoms with Crippen LogP contribution in [0.3, 0.4) is 0 Å². The molecule has 0 saturated carbocycles. The molecule has 2 heterocycles. The molecule has 3 atom stereocenters. The molecule has 0 aliphatic carbocycles. The van der Waals surface area contributed by atoms with Gasteiger partial charge in [0.15, 0.2) is 0 Å². The van der Waals surface area contributed by atoms with Crippen molar-refractivity contribution >= 4 is 0 Å². The summed E-state index contributed by atoms with van der Waals surface area (Å²) in [5, 5.41) is 20.0. The van der Waals surface area contributed by atoms with Gasteiger partial charge in [-0.1, -0.05) is 6.07 Å². The van der Waals surface area contributed by atoms with E-state index >= 15 is 0 Å². The third-order valence-corrected chi connectivity index (χ3v) is 4.91. The molecule has 1 aromatic heterocycles. The standard InChI is InChI=1S/C20H14F6N4O/c21-19(22,23)17-5-11(1-2-12(17)7-27)16-6-14(30-18(16)20(24,25)26)10-31-15-4-3-13(8-28)29-9-15/h1-5,9,14,16,18,30H,6,10H2/t14-,16?,18-/m0/s1. The molecule has 1 aliphatic rings. The fourth-order valence-electron chi connectivity index (χ4n) is 3.50. The van der Waals surface area contributed by atoms with Crippen molar-refractivity contribution in [1.29, 1.82) is 10.5 Å². The Hall–Kier alpha value is -3.31. The van der Waals surface area contributed by atoms with Crippen LogP contribution in [-0.4, -0.2) is 29.9 Å². The van der Waals surface area contributed by atoms with E-state index in [0.29, 0.717) is 6.07 Å². The van der Waals surface area contributed by atoms with Crippen LogP contribution in [0.1, 0.15) is 34.7 Å². The summed E-state index contributed by atoms with van der Waals surface area (Å²) < 4.78 is 85.9. The Labute approximate surface area is 172 Å². The Bertz CT molecular complexity index is 1020. The monoisotopic (exact) mass is 440 g/mol. The van der Waals surface area contributed by atoms with Crippen molar-refractivity contribution in [3.8, 4) is 17.9 Å². The predicted octanol–water partition coefficient (Wildman–Crippen LogP) is 4.30. The number of benzene rings is 1. The van der Waals surface area contributed by atoms with Crippen LogP contribution in [-0.2, 0) is 6.18 Å². The first-order valence-corrected chi connectivity index (χ1v) is 8.96. The average molecular weight is 440 g/mol. The number of nitriles is 2. The Kier molecular flexibility index (Phi) is 6.09. The molecule has 31 heavy (non-hydrogen) atoms. The number of ether oxygens (including phenoxy) is 1. The van der Waals surface area contributed by atoms with Gasteiger partial charge in [0, 0.05) is 12.0 Å². The van der Waals surface area contributed by atoms with Crippen molar-refractivity contribution in [2.24, 2.45) is 0 Å². The molecule has 1 aliphatic heterocycles. The van der Waals surface area contributed by atoms with Crippen LogP contribution in [0.4, 0.5) is 26.3 Å². The molecular weight excluding hydrogens is 426 g/mol. The molecule has 0 amide bonds. The lowest BCUT2D eigenvalue weighted by molar-refractivity contribution is -0.156. The van der Waals surface area contributed by atoms with E-state index in [2.05, 4.69) is 10.3 Å². The summed E-state index contributed by atoms with van der Waals surface area (Å²) in [7, 11) is 0. The number of nitrogens with one attached hydrogen (secondary N) is 1. The van der Waals surface area contributed by atoms with Crippen molar-refractivity contribution in [1.82, 2.24) is 10.3 Å². The highest BCUT2D eigenvalue weighted by atomic mass is 19.4. The zero-order chi connectivity index (χ0) is 22.8. The third kappa shape index (κ3) is 5.06. The van der Waals surface area contributed by atoms with Crippen LogP contribution in [0.15, 0.2) is 36.5 Å². The maximum absolute atomic E-state index is 13.6. The van der Waals surface area contributed by atoms with Crippen molar-refractivity contribution in [2.75, 3.05) is 6.61 Å². The summed E-state index contributed by atoms with van der Waals surface area (Å²) in [6.45, 7) is -0.181. The summed E-state index contributed by atoms with van der Waals surface area (Å²) in [4.78, 5) is 3.79. The topological polar surface area (TPSA) is 81.7 Å². The Morgan fingerprint density at radius 1 is 1.06 bits per heavy atom. The highest BCUT2D eigenvalue weighted by molar-refractivity contribution is 5.43. The first-order valence-electron chi connectivity index (χ1n) is 8.96. The Morgan fingerprint density at radius 2 is 1.81 bits per heavy atom. The molecule has 1 aromatic carbocycles. The second-order valence-electron chi connectivity index (χ2n) is 6.94. The third-order valence-electron chi connectivity index (χ3n) is 4.91. The highest BCUT2D eigenvalue weighted by Gasteiger charge is 2.51. The first-order chi connectivity index (χ1) is 14.5. The van der Waals surface area contributed by atoms with Crippen LogP contribution in [0.25, 0.3) is 0 Å². The lowest BCUT2D eigenvalue weighted by atomic mass is 9.88. The molecular formula is C20H14F6N4O. The van der Waals surface area contributed by atoms with Gasteiger partial charge in [-0.2, -0.15) is 36.9 Å². The van der Waals surface area contributed by atoms with E-state index in [1.54, 1.807) is 0 Å². The number of pyridine rings is 1. The van der Waals surface area contributed by atoms with Gasteiger partial charge in [0.05, 0.1) is 23.4 Å². The molecule has 162 valence electrons. The van der Waals surface area contributed by atoms with E-state index in [0.717, 1.165) is 12.1 Å². The summed E-state index contributed by atoms with van der Waals surface area (Å²) in [5.74, 6) is -1.05. The fraction of sp³-hybridized carbons (Fsp3) is 0.350. The van der Waals surface area contributed by atoms with Crippen LogP contribution in [0, 0.1) is 22.7 Å². The minimum absolute atomic E-state index is 0.128. The normalized spacial score (nSPS) is 21.4. The number of aromatic nitrogens is 1. The highest BCUT2D eigenvalue weighted by Crippen LogP contribution is 2.42. The smallest absolute Gasteiger partial charge is 0.417 e. The molecule has 1 unspecified atom stereocenters. The van der Waals surface area contributed by atoms with Crippen molar-refractivity contribution in [3.05, 3.63) is 58.9 Å². The first kappa shape index (κ1) is 22.4. The minimum Gasteiger partial charge on any atom is -0.490 e. The van der Waals surface area contributed by atoms with E-state index in [1.807, 2.05) is 6.07 Å². The molecule has 1 saturated heterocycles. The molecule has 1 fully saturated rings. The van der Waals surface area contributed by atoms with Gasteiger partial charge >= 0.3 is 12.4 Å². The lowest BCUT2D eigenvalue weighted by Gasteiger charge is -2.23. The van der Waals surface area contributed by atoms with Gasteiger partial charge < -0.3 is 4.74 Å². The van der Waals surface area contributed by atoms with Crippen LogP contribution in [0.2, 0.25) is 0 Å². The van der Waals surface area contributed by atoms with Gasteiger partial charge in [-0.3, -0.25) is 5.32 Å². The van der Waals surface area contributed by atoms with Crippen LogP contribution < -0.4 is 10.1 Å². The molecule has 2 aromatic rings. The zero-order valence-electron chi connectivity index (χ0n) is 15.6. The fourth-order valence-corrected chi connectivity index (χ4v) is 3.50. The largest absolute Gasteiger partial charge is 0.490 e. The van der Waals surface area contributed by atoms with Gasteiger partial charge in [-0.05, 0) is 36.2 Å². The van der Waals surface area contributed by atoms with Crippen LogP contribution >= 0.6 is 0 Å². The van der Waals surface area contributed by atoms with E-state index in [-0.39, 0.29) is 30.0 Å². The molecule has 1 N–H and O–H groups in total. The number of nitrogens with zero attached hydrogens (tertiary/aromatic N) is 3. The summed E-state index contributed by atoms with van der Waals surface area (Å²) in [5.41, 5.74) is -1.94. The maximum Gasteiger partial charge on any atom is 0.417 e. The zero-order valence-corrected chi connectivity index (χ0v) is 15.6. The van der Waals surface area contributed by atoms with Gasteiger partial charge in [0.25, 0.3) is 0 Å². The van der Waals surface area contributed by atoms with Gasteiger partial charge in [0.2, 0.25) is 0 Å². The second-order valence-corrected chi connectivity index (χ2v) is 6.94. The van der Waals surface area contributed by atoms with E-state index < -0.39 is 41.5 Å². The predicted molar refractivity (Wildman–Crippen MR) is 94.7 cm³/mol. The summed E-state index contributed by atoms with van der Waals surface area (Å²) >= 11 is 0. The van der Waals surface area contributed by atoms with Crippen LogP contribution in [0.5, 0.6) is 5.75 Å². The van der Waals surface area contributed by atoms with Gasteiger partial charge in [0.1, 0.15) is 30.2 Å². The average Bonchev–Trinajstić information content (AvgIpc) is 3.16. The van der Waals surface area contributed by atoms with E-state index in [9.17, 15) is 26.3 Å². The van der Waals surface area contributed by atoms with Gasteiger partial charge in [-0.15, -0.1) is 0 Å². The number of alkyl halides is 6. The number of hydrogen-bond acceptors (Lipinski definition) is 5. The quantitative estimate of drug-likeness (QED) is 0.717.